The van der Waals surface area contributed by atoms with Gasteiger partial charge in [0.15, 0.2) is 0 Å². The molecule has 0 aromatic heterocycles. The van der Waals surface area contributed by atoms with E-state index in [9.17, 15) is 4.79 Å². The van der Waals surface area contributed by atoms with Gasteiger partial charge in [0.25, 0.3) is 5.91 Å². The predicted molar refractivity (Wildman–Crippen MR) is 41.0 cm³/mol. The van der Waals surface area contributed by atoms with Gasteiger partial charge in [-0.05, 0) is 22.1 Å². The van der Waals surface area contributed by atoms with Crippen molar-refractivity contribution < 1.29 is 4.79 Å². The van der Waals surface area contributed by atoms with E-state index in [4.69, 9.17) is 0 Å². The van der Waals surface area contributed by atoms with Crippen molar-refractivity contribution in [1.29, 1.82) is 0 Å². The van der Waals surface area contributed by atoms with Crippen molar-refractivity contribution in [3.63, 3.8) is 0 Å². The number of likely N-dealkylation sites (N-methyl/N-ethyl adjacent to an activating group) is 1. The van der Waals surface area contributed by atoms with Crippen LogP contribution in [0.25, 0.3) is 0 Å². The molecule has 0 heterocycles. The number of nitrogens with zero attached hydrogens (tertiary/aromatic N) is 1. The molecular weight excluding hydrogens is 182 g/mol. The Morgan fingerprint density at radius 3 is 2.33 bits per heavy atom. The Balaban J connectivity index is 4.03. The summed E-state index contributed by atoms with van der Waals surface area (Å²) in [5.41, 5.74) is 0. The quantitative estimate of drug-likeness (QED) is 0.604. The number of hydrogen-bond acceptors (Lipinski definition) is 1. The molecule has 0 aliphatic heterocycles. The lowest BCUT2D eigenvalue weighted by atomic mass is 10.5. The van der Waals surface area contributed by atoms with Crippen LogP contribution in [-0.4, -0.2) is 17.9 Å². The van der Waals surface area contributed by atoms with Crippen molar-refractivity contribution in [1.82, 2.24) is 4.90 Å². The summed E-state index contributed by atoms with van der Waals surface area (Å²) < 4.78 is 0.338. The summed E-state index contributed by atoms with van der Waals surface area (Å²) in [5, 5.41) is 0. The van der Waals surface area contributed by atoms with Crippen LogP contribution in [-0.2, 0) is 4.79 Å². The first-order valence-corrected chi connectivity index (χ1v) is 3.13. The van der Waals surface area contributed by atoms with E-state index < -0.39 is 0 Å². The van der Waals surface area contributed by atoms with E-state index in [1.54, 1.807) is 7.05 Å². The van der Waals surface area contributed by atoms with Gasteiger partial charge >= 0.3 is 0 Å². The Hall–Kier alpha value is -0.570. The Bertz CT molecular complexity index is 153. The zero-order valence-corrected chi connectivity index (χ0v) is 6.81. The van der Waals surface area contributed by atoms with Crippen molar-refractivity contribution in [2.45, 2.75) is 0 Å². The molecule has 0 unspecified atom stereocenters. The second kappa shape index (κ2) is 3.45. The summed E-state index contributed by atoms with van der Waals surface area (Å²) in [6, 6.07) is 0. The summed E-state index contributed by atoms with van der Waals surface area (Å²) in [4.78, 5) is 12.1. The monoisotopic (exact) mass is 189 g/mol. The van der Waals surface area contributed by atoms with Crippen LogP contribution in [0.15, 0.2) is 23.8 Å². The largest absolute Gasteiger partial charge is 0.318 e. The Kier molecular flexibility index (Phi) is 3.24. The number of halogens is 1. The van der Waals surface area contributed by atoms with Gasteiger partial charge in [0.05, 0.1) is 4.48 Å². The molecule has 0 aliphatic carbocycles. The average molecular weight is 190 g/mol. The standard InChI is InChI=1S/C6H8BrNO/c1-4-8(3)6(9)5(2)7/h4H,1-2H2,3H3. The molecule has 0 aliphatic rings. The molecule has 0 aromatic carbocycles. The number of hydrogen-bond donors (Lipinski definition) is 0. The zero-order chi connectivity index (χ0) is 7.44. The summed E-state index contributed by atoms with van der Waals surface area (Å²) in [6.07, 6.45) is 1.43. The molecule has 2 nitrogen and oxygen atoms in total. The van der Waals surface area contributed by atoms with Crippen molar-refractivity contribution in [3.8, 4) is 0 Å². The molecule has 0 atom stereocenters. The molecule has 0 rings (SSSR count). The Labute approximate surface area is 63.0 Å². The van der Waals surface area contributed by atoms with Gasteiger partial charge in [-0.2, -0.15) is 0 Å². The highest BCUT2D eigenvalue weighted by Crippen LogP contribution is 2.04. The SMILES string of the molecule is C=CN(C)C(=O)C(=C)Br. The molecule has 0 bridgehead atoms. The van der Waals surface area contributed by atoms with Gasteiger partial charge in [0, 0.05) is 7.05 Å². The molecule has 0 saturated heterocycles. The van der Waals surface area contributed by atoms with E-state index in [1.807, 2.05) is 0 Å². The molecule has 0 saturated carbocycles. The molecular formula is C6H8BrNO. The summed E-state index contributed by atoms with van der Waals surface area (Å²) >= 11 is 2.95. The van der Waals surface area contributed by atoms with Crippen LogP contribution in [0.3, 0.4) is 0 Å². The van der Waals surface area contributed by atoms with Gasteiger partial charge in [0.2, 0.25) is 0 Å². The fraction of sp³-hybridized carbons (Fsp3) is 0.167. The smallest absolute Gasteiger partial charge is 0.263 e. The fourth-order valence-corrected chi connectivity index (χ4v) is 0.554. The molecule has 9 heavy (non-hydrogen) atoms. The molecule has 0 aromatic rings. The summed E-state index contributed by atoms with van der Waals surface area (Å²) in [5.74, 6) is -0.176. The Morgan fingerprint density at radius 2 is 2.22 bits per heavy atom. The van der Waals surface area contributed by atoms with Crippen molar-refractivity contribution in [2.24, 2.45) is 0 Å². The fourth-order valence-electron chi connectivity index (χ4n) is 0.274. The van der Waals surface area contributed by atoms with Crippen molar-refractivity contribution >= 4 is 21.8 Å². The maximum atomic E-state index is 10.8. The van der Waals surface area contributed by atoms with E-state index in [0.717, 1.165) is 0 Å². The lowest BCUT2D eigenvalue weighted by Crippen LogP contribution is -2.19. The zero-order valence-electron chi connectivity index (χ0n) is 5.22. The molecule has 0 N–H and O–H groups in total. The van der Waals surface area contributed by atoms with Crippen molar-refractivity contribution in [2.75, 3.05) is 7.05 Å². The van der Waals surface area contributed by atoms with Gasteiger partial charge < -0.3 is 4.90 Å². The average Bonchev–Trinajstić information content (AvgIpc) is 1.84. The van der Waals surface area contributed by atoms with Crippen LogP contribution in [0.4, 0.5) is 0 Å². The predicted octanol–water partition coefficient (Wildman–Crippen LogP) is 1.50. The topological polar surface area (TPSA) is 20.3 Å². The first-order valence-electron chi connectivity index (χ1n) is 2.33. The third kappa shape index (κ3) is 2.46. The molecule has 50 valence electrons. The van der Waals surface area contributed by atoms with E-state index in [0.29, 0.717) is 4.48 Å². The summed E-state index contributed by atoms with van der Waals surface area (Å²) in [7, 11) is 1.61. The van der Waals surface area contributed by atoms with Crippen LogP contribution in [0, 0.1) is 0 Å². The lowest BCUT2D eigenvalue weighted by Gasteiger charge is -2.08. The van der Waals surface area contributed by atoms with Gasteiger partial charge in [-0.1, -0.05) is 13.2 Å². The first kappa shape index (κ1) is 8.43. The second-order valence-electron chi connectivity index (χ2n) is 1.50. The maximum absolute atomic E-state index is 10.8. The van der Waals surface area contributed by atoms with Crippen LogP contribution in [0.1, 0.15) is 0 Å². The highest BCUT2D eigenvalue weighted by molar-refractivity contribution is 9.12. The van der Waals surface area contributed by atoms with Gasteiger partial charge in [-0.3, -0.25) is 4.79 Å². The van der Waals surface area contributed by atoms with Crippen LogP contribution >= 0.6 is 15.9 Å². The van der Waals surface area contributed by atoms with Crippen LogP contribution < -0.4 is 0 Å². The molecule has 0 spiro atoms. The highest BCUT2D eigenvalue weighted by Gasteiger charge is 2.05. The van der Waals surface area contributed by atoms with E-state index >= 15 is 0 Å². The third-order valence-electron chi connectivity index (χ3n) is 0.826. The number of rotatable bonds is 2. The normalized spacial score (nSPS) is 8.22. The molecule has 3 heteroatoms. The third-order valence-corrected chi connectivity index (χ3v) is 1.17. The molecule has 1 amide bonds. The van der Waals surface area contributed by atoms with Gasteiger partial charge in [-0.25, -0.2) is 0 Å². The van der Waals surface area contributed by atoms with E-state index in [2.05, 4.69) is 29.1 Å². The minimum Gasteiger partial charge on any atom is -0.318 e. The van der Waals surface area contributed by atoms with Gasteiger partial charge in [-0.15, -0.1) is 0 Å². The first-order chi connectivity index (χ1) is 4.09. The number of carbonyl (C=O) groups excluding carboxylic acids is 1. The maximum Gasteiger partial charge on any atom is 0.263 e. The minimum atomic E-state index is -0.176. The number of carbonyl (C=O) groups is 1. The Morgan fingerprint density at radius 1 is 1.78 bits per heavy atom. The minimum absolute atomic E-state index is 0.176. The summed E-state index contributed by atoms with van der Waals surface area (Å²) in [6.45, 7) is 6.81. The number of amides is 1. The van der Waals surface area contributed by atoms with Crippen molar-refractivity contribution in [3.05, 3.63) is 23.8 Å². The van der Waals surface area contributed by atoms with E-state index in [-0.39, 0.29) is 5.91 Å². The van der Waals surface area contributed by atoms with Crippen LogP contribution in [0.2, 0.25) is 0 Å². The molecule has 0 radical (unpaired) electrons. The lowest BCUT2D eigenvalue weighted by molar-refractivity contribution is -0.122. The van der Waals surface area contributed by atoms with Crippen LogP contribution in [0.5, 0.6) is 0 Å². The highest BCUT2D eigenvalue weighted by atomic mass is 79.9. The van der Waals surface area contributed by atoms with Gasteiger partial charge in [0.1, 0.15) is 0 Å². The molecule has 0 fully saturated rings. The second-order valence-corrected chi connectivity index (χ2v) is 2.46. The van der Waals surface area contributed by atoms with E-state index in [1.165, 1.54) is 11.1 Å².